The molecule has 0 atom stereocenters. The van der Waals surface area contributed by atoms with Gasteiger partial charge in [0, 0.05) is 16.8 Å². The number of hydrogen-bond donors (Lipinski definition) is 1. The molecule has 2 aromatic rings. The number of rotatable bonds is 7. The van der Waals surface area contributed by atoms with Gasteiger partial charge in [-0.05, 0) is 48.0 Å². The van der Waals surface area contributed by atoms with Crippen LogP contribution in [0.1, 0.15) is 5.56 Å². The summed E-state index contributed by atoms with van der Waals surface area (Å²) in [5.41, 5.74) is 1.10. The molecule has 0 bridgehead atoms. The number of anilines is 1. The van der Waals surface area contributed by atoms with E-state index in [4.69, 9.17) is 16.3 Å². The first kappa shape index (κ1) is 19.4. The van der Waals surface area contributed by atoms with Crippen molar-refractivity contribution in [1.29, 1.82) is 0 Å². The Balaban J connectivity index is 1.77. The highest BCUT2D eigenvalue weighted by atomic mass is 35.5. The summed E-state index contributed by atoms with van der Waals surface area (Å²) in [6.45, 7) is -3.41. The Labute approximate surface area is 153 Å². The summed E-state index contributed by atoms with van der Waals surface area (Å²) in [6.07, 6.45) is 2.71. The number of benzene rings is 2. The molecular weight excluding hydrogens is 368 g/mol. The number of carbonyl (C=O) groups is 2. The molecule has 136 valence electrons. The predicted octanol–water partition coefficient (Wildman–Crippen LogP) is 4.14. The number of nitrogens with one attached hydrogen (secondary N) is 1. The fraction of sp³-hybridized carbons (Fsp3) is 0.111. The smallest absolute Gasteiger partial charge is 0.387 e. The zero-order valence-electron chi connectivity index (χ0n) is 13.3. The van der Waals surface area contributed by atoms with Gasteiger partial charge in [-0.15, -0.1) is 0 Å². The lowest BCUT2D eigenvalue weighted by Gasteiger charge is -2.07. The van der Waals surface area contributed by atoms with Crippen LogP contribution in [-0.4, -0.2) is 25.1 Å². The van der Waals surface area contributed by atoms with Crippen LogP contribution in [0.3, 0.4) is 0 Å². The van der Waals surface area contributed by atoms with Crippen molar-refractivity contribution in [3.05, 3.63) is 65.2 Å². The van der Waals surface area contributed by atoms with Crippen molar-refractivity contribution in [2.45, 2.75) is 6.61 Å². The summed E-state index contributed by atoms with van der Waals surface area (Å²) in [6, 6.07) is 12.1. The highest BCUT2D eigenvalue weighted by Gasteiger charge is 2.07. The highest BCUT2D eigenvalue weighted by molar-refractivity contribution is 6.30. The molecule has 8 heteroatoms. The van der Waals surface area contributed by atoms with Crippen molar-refractivity contribution in [1.82, 2.24) is 0 Å². The Morgan fingerprint density at radius 2 is 1.73 bits per heavy atom. The maximum absolute atomic E-state index is 12.0. The molecule has 26 heavy (non-hydrogen) atoms. The summed E-state index contributed by atoms with van der Waals surface area (Å²) in [7, 11) is 0. The van der Waals surface area contributed by atoms with E-state index in [0.29, 0.717) is 10.7 Å². The van der Waals surface area contributed by atoms with Crippen molar-refractivity contribution < 1.29 is 27.8 Å². The fourth-order valence-electron chi connectivity index (χ4n) is 1.84. The molecule has 0 heterocycles. The molecule has 0 fully saturated rings. The van der Waals surface area contributed by atoms with Crippen LogP contribution < -0.4 is 10.1 Å². The first-order valence-electron chi connectivity index (χ1n) is 7.37. The van der Waals surface area contributed by atoms with E-state index in [-0.39, 0.29) is 5.75 Å². The molecular formula is C18H14ClF2NO4. The van der Waals surface area contributed by atoms with E-state index in [0.717, 1.165) is 5.56 Å². The van der Waals surface area contributed by atoms with Gasteiger partial charge in [0.05, 0.1) is 0 Å². The number of halogens is 3. The molecule has 0 saturated carbocycles. The Bertz CT molecular complexity index is 777. The molecule has 0 spiro atoms. The Hall–Kier alpha value is -2.93. The van der Waals surface area contributed by atoms with Gasteiger partial charge in [0.2, 0.25) is 0 Å². The number of amides is 1. The second-order valence-corrected chi connectivity index (χ2v) is 5.38. The third-order valence-corrected chi connectivity index (χ3v) is 3.24. The van der Waals surface area contributed by atoms with Crippen molar-refractivity contribution in [2.24, 2.45) is 0 Å². The molecule has 2 aromatic carbocycles. The van der Waals surface area contributed by atoms with Gasteiger partial charge in [-0.25, -0.2) is 4.79 Å². The summed E-state index contributed by atoms with van der Waals surface area (Å²) < 4.78 is 33.1. The van der Waals surface area contributed by atoms with Crippen LogP contribution in [0.5, 0.6) is 5.75 Å². The second-order valence-electron chi connectivity index (χ2n) is 4.94. The first-order chi connectivity index (χ1) is 12.4. The first-order valence-corrected chi connectivity index (χ1v) is 7.75. The molecule has 0 saturated heterocycles. The molecule has 1 amide bonds. The standard InChI is InChI=1S/C18H14ClF2NO4/c19-13-4-1-12(2-5-13)3-10-17(24)25-11-16(23)22-14-6-8-15(9-7-14)26-18(20)21/h1-10,18H,11H2,(H,22,23)/b10-3+. The van der Waals surface area contributed by atoms with E-state index < -0.39 is 25.1 Å². The lowest BCUT2D eigenvalue weighted by molar-refractivity contribution is -0.142. The van der Waals surface area contributed by atoms with Crippen LogP contribution in [-0.2, 0) is 14.3 Å². The van der Waals surface area contributed by atoms with Gasteiger partial charge in [-0.3, -0.25) is 4.79 Å². The van der Waals surface area contributed by atoms with E-state index in [9.17, 15) is 18.4 Å². The Morgan fingerprint density at radius 1 is 1.08 bits per heavy atom. The van der Waals surface area contributed by atoms with Crippen molar-refractivity contribution >= 4 is 35.2 Å². The minimum absolute atomic E-state index is 0.0308. The van der Waals surface area contributed by atoms with E-state index in [2.05, 4.69) is 10.1 Å². The zero-order valence-corrected chi connectivity index (χ0v) is 14.1. The molecule has 5 nitrogen and oxygen atoms in total. The predicted molar refractivity (Wildman–Crippen MR) is 93.1 cm³/mol. The highest BCUT2D eigenvalue weighted by Crippen LogP contribution is 2.17. The fourth-order valence-corrected chi connectivity index (χ4v) is 1.97. The van der Waals surface area contributed by atoms with Gasteiger partial charge in [-0.1, -0.05) is 23.7 Å². The Kier molecular flexibility index (Phi) is 7.11. The third-order valence-electron chi connectivity index (χ3n) is 2.99. The van der Waals surface area contributed by atoms with Gasteiger partial charge in [0.15, 0.2) is 6.61 Å². The maximum Gasteiger partial charge on any atom is 0.387 e. The van der Waals surface area contributed by atoms with Gasteiger partial charge < -0.3 is 14.8 Å². The van der Waals surface area contributed by atoms with Crippen LogP contribution in [0.25, 0.3) is 6.08 Å². The van der Waals surface area contributed by atoms with Crippen LogP contribution in [0.15, 0.2) is 54.6 Å². The molecule has 0 radical (unpaired) electrons. The number of esters is 1. The van der Waals surface area contributed by atoms with Crippen LogP contribution in [0, 0.1) is 0 Å². The molecule has 0 aromatic heterocycles. The number of alkyl halides is 2. The minimum Gasteiger partial charge on any atom is -0.452 e. The van der Waals surface area contributed by atoms with Gasteiger partial charge in [0.25, 0.3) is 5.91 Å². The summed E-state index contributed by atoms with van der Waals surface area (Å²) in [4.78, 5) is 23.3. The molecule has 0 unspecified atom stereocenters. The van der Waals surface area contributed by atoms with E-state index in [1.807, 2.05) is 0 Å². The monoisotopic (exact) mass is 381 g/mol. The van der Waals surface area contributed by atoms with Crippen LogP contribution in [0.4, 0.5) is 14.5 Å². The SMILES string of the molecule is O=C(COC(=O)/C=C/c1ccc(Cl)cc1)Nc1ccc(OC(F)F)cc1. The quantitative estimate of drug-likeness (QED) is 0.578. The lowest BCUT2D eigenvalue weighted by Crippen LogP contribution is -2.20. The number of ether oxygens (including phenoxy) is 2. The summed E-state index contributed by atoms with van der Waals surface area (Å²) in [5, 5.41) is 3.04. The summed E-state index contributed by atoms with van der Waals surface area (Å²) >= 11 is 5.76. The molecule has 2 rings (SSSR count). The molecule has 0 aliphatic carbocycles. The second kappa shape index (κ2) is 9.53. The average Bonchev–Trinajstić information content (AvgIpc) is 2.61. The van der Waals surface area contributed by atoms with Gasteiger partial charge in [-0.2, -0.15) is 8.78 Å². The normalized spacial score (nSPS) is 10.8. The third kappa shape index (κ3) is 6.90. The van der Waals surface area contributed by atoms with E-state index in [1.165, 1.54) is 36.4 Å². The van der Waals surface area contributed by atoms with Crippen LogP contribution in [0.2, 0.25) is 5.02 Å². The van der Waals surface area contributed by atoms with Crippen molar-refractivity contribution in [2.75, 3.05) is 11.9 Å². The molecule has 1 N–H and O–H groups in total. The van der Waals surface area contributed by atoms with Crippen molar-refractivity contribution in [3.8, 4) is 5.75 Å². The number of hydrogen-bond acceptors (Lipinski definition) is 4. The van der Waals surface area contributed by atoms with Crippen LogP contribution >= 0.6 is 11.6 Å². The molecule has 0 aliphatic heterocycles. The average molecular weight is 382 g/mol. The topological polar surface area (TPSA) is 64.6 Å². The van der Waals surface area contributed by atoms with Gasteiger partial charge in [0.1, 0.15) is 5.75 Å². The lowest BCUT2D eigenvalue weighted by atomic mass is 10.2. The largest absolute Gasteiger partial charge is 0.452 e. The maximum atomic E-state index is 12.0. The molecule has 0 aliphatic rings. The van der Waals surface area contributed by atoms with E-state index >= 15 is 0 Å². The zero-order chi connectivity index (χ0) is 18.9. The van der Waals surface area contributed by atoms with E-state index in [1.54, 1.807) is 24.3 Å². The summed E-state index contributed by atoms with van der Waals surface area (Å²) in [5.74, 6) is -1.28. The number of carbonyl (C=O) groups excluding carboxylic acids is 2. The van der Waals surface area contributed by atoms with Crippen molar-refractivity contribution in [3.63, 3.8) is 0 Å². The Morgan fingerprint density at radius 3 is 2.35 bits per heavy atom. The van der Waals surface area contributed by atoms with Gasteiger partial charge >= 0.3 is 12.6 Å². The minimum atomic E-state index is -2.92.